The molecule has 82 valence electrons. The fourth-order valence-electron chi connectivity index (χ4n) is 2.34. The minimum Gasteiger partial charge on any atom is -0.324 e. The van der Waals surface area contributed by atoms with Crippen LogP contribution in [-0.2, 0) is 6.42 Å². The van der Waals surface area contributed by atoms with Crippen LogP contribution >= 0.6 is 0 Å². The molecule has 0 aliphatic heterocycles. The molecule has 0 amide bonds. The Balaban J connectivity index is 2.10. The van der Waals surface area contributed by atoms with Crippen molar-refractivity contribution in [2.75, 3.05) is 0 Å². The zero-order chi connectivity index (χ0) is 10.8. The van der Waals surface area contributed by atoms with E-state index in [0.717, 1.165) is 11.8 Å². The van der Waals surface area contributed by atoms with Crippen LogP contribution in [0.4, 0.5) is 0 Å². The Morgan fingerprint density at radius 1 is 1.47 bits per heavy atom. The highest BCUT2D eigenvalue weighted by Crippen LogP contribution is 2.45. The predicted molar refractivity (Wildman–Crippen MR) is 64.6 cm³/mol. The third-order valence-electron chi connectivity index (χ3n) is 3.51. The van der Waals surface area contributed by atoms with E-state index < -0.39 is 0 Å². The number of benzene rings is 1. The van der Waals surface area contributed by atoms with Crippen molar-refractivity contribution in [1.29, 1.82) is 0 Å². The van der Waals surface area contributed by atoms with Gasteiger partial charge in [-0.15, -0.1) is 0 Å². The van der Waals surface area contributed by atoms with Crippen molar-refractivity contribution in [3.63, 3.8) is 0 Å². The molecule has 1 heteroatoms. The average molecular weight is 203 g/mol. The van der Waals surface area contributed by atoms with Crippen LogP contribution in [0.2, 0.25) is 0 Å². The van der Waals surface area contributed by atoms with E-state index in [0.29, 0.717) is 0 Å². The second kappa shape index (κ2) is 4.36. The van der Waals surface area contributed by atoms with Gasteiger partial charge in [-0.25, -0.2) is 0 Å². The first-order chi connectivity index (χ1) is 7.22. The summed E-state index contributed by atoms with van der Waals surface area (Å²) in [5.41, 5.74) is 9.01. The van der Waals surface area contributed by atoms with Crippen LogP contribution in [0.1, 0.15) is 43.9 Å². The van der Waals surface area contributed by atoms with Gasteiger partial charge >= 0.3 is 0 Å². The molecule has 1 saturated carbocycles. The van der Waals surface area contributed by atoms with Crippen LogP contribution in [-0.4, -0.2) is 0 Å². The van der Waals surface area contributed by atoms with Gasteiger partial charge in [-0.2, -0.15) is 0 Å². The molecule has 1 aromatic rings. The van der Waals surface area contributed by atoms with E-state index in [4.69, 9.17) is 5.73 Å². The Hall–Kier alpha value is -0.820. The minimum absolute atomic E-state index is 0.261. The fourth-order valence-corrected chi connectivity index (χ4v) is 2.34. The second-order valence-electron chi connectivity index (χ2n) is 4.90. The van der Waals surface area contributed by atoms with E-state index in [-0.39, 0.29) is 6.04 Å². The zero-order valence-corrected chi connectivity index (χ0v) is 9.74. The molecule has 1 fully saturated rings. The van der Waals surface area contributed by atoms with Crippen molar-refractivity contribution in [3.05, 3.63) is 35.4 Å². The van der Waals surface area contributed by atoms with Crippen molar-refractivity contribution in [2.24, 2.45) is 17.6 Å². The lowest BCUT2D eigenvalue weighted by atomic mass is 9.98. The molecule has 3 atom stereocenters. The second-order valence-corrected chi connectivity index (χ2v) is 4.90. The quantitative estimate of drug-likeness (QED) is 0.798. The largest absolute Gasteiger partial charge is 0.324 e. The Labute approximate surface area is 92.7 Å². The Morgan fingerprint density at radius 2 is 2.20 bits per heavy atom. The van der Waals surface area contributed by atoms with Gasteiger partial charge in [0.15, 0.2) is 0 Å². The molecule has 0 spiro atoms. The smallest absolute Gasteiger partial charge is 0.0326 e. The lowest BCUT2D eigenvalue weighted by Crippen LogP contribution is -2.13. The minimum atomic E-state index is 0.261. The summed E-state index contributed by atoms with van der Waals surface area (Å²) in [6.07, 6.45) is 3.68. The van der Waals surface area contributed by atoms with E-state index in [9.17, 15) is 0 Å². The molecule has 0 aromatic heterocycles. The number of rotatable bonds is 4. The van der Waals surface area contributed by atoms with Gasteiger partial charge in [-0.05, 0) is 35.8 Å². The molecule has 2 rings (SSSR count). The maximum atomic E-state index is 6.26. The lowest BCUT2D eigenvalue weighted by Gasteiger charge is -2.12. The lowest BCUT2D eigenvalue weighted by molar-refractivity contribution is 0.592. The van der Waals surface area contributed by atoms with E-state index in [1.807, 2.05) is 0 Å². The van der Waals surface area contributed by atoms with Crippen molar-refractivity contribution in [2.45, 2.75) is 39.2 Å². The normalized spacial score (nSPS) is 26.3. The van der Waals surface area contributed by atoms with Gasteiger partial charge in [0, 0.05) is 6.04 Å². The topological polar surface area (TPSA) is 26.0 Å². The number of hydrogen-bond donors (Lipinski definition) is 1. The Morgan fingerprint density at radius 3 is 2.80 bits per heavy atom. The highest BCUT2D eigenvalue weighted by Gasteiger charge is 2.38. The highest BCUT2D eigenvalue weighted by molar-refractivity contribution is 5.27. The van der Waals surface area contributed by atoms with Crippen molar-refractivity contribution >= 4 is 0 Å². The SMILES string of the molecule is CCCc1cccc(C(N)C2CC2C)c1. The standard InChI is InChI=1S/C14H21N/c1-3-5-11-6-4-7-12(9-11)14(15)13-8-10(13)2/h4,6-7,9-10,13-14H,3,5,8,15H2,1-2H3. The van der Waals surface area contributed by atoms with Gasteiger partial charge in [0.25, 0.3) is 0 Å². The van der Waals surface area contributed by atoms with Gasteiger partial charge in [-0.1, -0.05) is 44.5 Å². The first-order valence-electron chi connectivity index (χ1n) is 6.06. The maximum Gasteiger partial charge on any atom is 0.0326 e. The van der Waals surface area contributed by atoms with Crippen LogP contribution in [0.25, 0.3) is 0 Å². The van der Waals surface area contributed by atoms with Crippen LogP contribution in [0.3, 0.4) is 0 Å². The molecular formula is C14H21N. The van der Waals surface area contributed by atoms with Gasteiger partial charge < -0.3 is 5.73 Å². The summed E-state index contributed by atoms with van der Waals surface area (Å²) >= 11 is 0. The molecule has 1 aliphatic rings. The van der Waals surface area contributed by atoms with Gasteiger partial charge in [-0.3, -0.25) is 0 Å². The van der Waals surface area contributed by atoms with Crippen molar-refractivity contribution in [1.82, 2.24) is 0 Å². The number of hydrogen-bond acceptors (Lipinski definition) is 1. The monoisotopic (exact) mass is 203 g/mol. The fraction of sp³-hybridized carbons (Fsp3) is 0.571. The predicted octanol–water partition coefficient (Wildman–Crippen LogP) is 3.29. The molecule has 3 unspecified atom stereocenters. The molecule has 0 radical (unpaired) electrons. The first-order valence-corrected chi connectivity index (χ1v) is 6.06. The summed E-state index contributed by atoms with van der Waals surface area (Å²) in [6.45, 7) is 4.51. The first kappa shape index (κ1) is 10.7. The van der Waals surface area contributed by atoms with Crippen LogP contribution in [0, 0.1) is 11.8 Å². The molecule has 0 heterocycles. The number of nitrogens with two attached hydrogens (primary N) is 1. The molecule has 1 aliphatic carbocycles. The van der Waals surface area contributed by atoms with Crippen molar-refractivity contribution < 1.29 is 0 Å². The average Bonchev–Trinajstić information content (AvgIpc) is 2.95. The molecule has 1 nitrogen and oxygen atoms in total. The maximum absolute atomic E-state index is 6.26. The molecular weight excluding hydrogens is 182 g/mol. The number of aryl methyl sites for hydroxylation is 1. The summed E-state index contributed by atoms with van der Waals surface area (Å²) < 4.78 is 0. The summed E-state index contributed by atoms with van der Waals surface area (Å²) in [5.74, 6) is 1.55. The van der Waals surface area contributed by atoms with E-state index in [1.54, 1.807) is 0 Å². The summed E-state index contributed by atoms with van der Waals surface area (Å²) in [6, 6.07) is 9.08. The van der Waals surface area contributed by atoms with Crippen LogP contribution in [0.5, 0.6) is 0 Å². The molecule has 15 heavy (non-hydrogen) atoms. The summed E-state index contributed by atoms with van der Waals surface area (Å²) in [7, 11) is 0. The summed E-state index contributed by atoms with van der Waals surface area (Å²) in [4.78, 5) is 0. The van der Waals surface area contributed by atoms with Crippen LogP contribution in [0.15, 0.2) is 24.3 Å². The van der Waals surface area contributed by atoms with Crippen LogP contribution < -0.4 is 5.73 Å². The van der Waals surface area contributed by atoms with Gasteiger partial charge in [0.1, 0.15) is 0 Å². The molecule has 2 N–H and O–H groups in total. The van der Waals surface area contributed by atoms with E-state index >= 15 is 0 Å². The van der Waals surface area contributed by atoms with Gasteiger partial charge in [0.05, 0.1) is 0 Å². The zero-order valence-electron chi connectivity index (χ0n) is 9.74. The molecule has 1 aromatic carbocycles. The Kier molecular flexibility index (Phi) is 3.11. The summed E-state index contributed by atoms with van der Waals surface area (Å²) in [5, 5.41) is 0. The third kappa shape index (κ3) is 2.40. The van der Waals surface area contributed by atoms with Crippen molar-refractivity contribution in [3.8, 4) is 0 Å². The molecule has 0 saturated heterocycles. The van der Waals surface area contributed by atoms with E-state index in [2.05, 4.69) is 38.1 Å². The van der Waals surface area contributed by atoms with E-state index in [1.165, 1.54) is 30.4 Å². The molecule has 0 bridgehead atoms. The Bertz CT molecular complexity index is 332. The highest BCUT2D eigenvalue weighted by atomic mass is 14.7. The van der Waals surface area contributed by atoms with Gasteiger partial charge in [0.2, 0.25) is 0 Å². The third-order valence-corrected chi connectivity index (χ3v) is 3.51.